The Hall–Kier alpha value is -1.30. The maximum Gasteiger partial charge on any atom is 0.312 e. The molecular formula is C11H19N3O3. The smallest absolute Gasteiger partial charge is 0.312 e. The van der Waals surface area contributed by atoms with Gasteiger partial charge in [0.1, 0.15) is 0 Å². The number of urea groups is 1. The van der Waals surface area contributed by atoms with E-state index in [-0.39, 0.29) is 17.9 Å². The summed E-state index contributed by atoms with van der Waals surface area (Å²) in [5, 5.41) is 2.67. The third kappa shape index (κ3) is 3.09. The van der Waals surface area contributed by atoms with Crippen molar-refractivity contribution < 1.29 is 14.3 Å². The van der Waals surface area contributed by atoms with Crippen LogP contribution in [0.3, 0.4) is 0 Å². The molecule has 0 spiro atoms. The third-order valence-corrected chi connectivity index (χ3v) is 3.36. The lowest BCUT2D eigenvalue weighted by Crippen LogP contribution is -2.52. The van der Waals surface area contributed by atoms with Gasteiger partial charge in [-0.3, -0.25) is 4.79 Å². The first-order valence-electron chi connectivity index (χ1n) is 6.09. The molecule has 3 amide bonds. The molecule has 0 radical (unpaired) electrons. The van der Waals surface area contributed by atoms with Crippen molar-refractivity contribution in [2.45, 2.75) is 25.3 Å². The number of nitrogens with one attached hydrogen (secondary N) is 1. The molecule has 0 aromatic carbocycles. The SMILES string of the molecule is NC(=O)N[C@@H]1CCCN(C(=O)[C@@H]2CCOC2)C1. The molecule has 0 aromatic heterocycles. The predicted octanol–water partition coefficient (Wildman–Crippen LogP) is -0.318. The van der Waals surface area contributed by atoms with Gasteiger partial charge in [-0.05, 0) is 19.3 Å². The summed E-state index contributed by atoms with van der Waals surface area (Å²) in [6.45, 7) is 2.54. The van der Waals surface area contributed by atoms with E-state index in [1.165, 1.54) is 0 Å². The zero-order valence-electron chi connectivity index (χ0n) is 9.85. The van der Waals surface area contributed by atoms with Gasteiger partial charge >= 0.3 is 6.03 Å². The molecule has 2 saturated heterocycles. The number of rotatable bonds is 2. The number of piperidine rings is 1. The molecule has 0 saturated carbocycles. The Morgan fingerprint density at radius 1 is 1.35 bits per heavy atom. The normalized spacial score (nSPS) is 29.1. The summed E-state index contributed by atoms with van der Waals surface area (Å²) in [4.78, 5) is 24.7. The van der Waals surface area contributed by atoms with Crippen molar-refractivity contribution in [2.75, 3.05) is 26.3 Å². The highest BCUT2D eigenvalue weighted by atomic mass is 16.5. The van der Waals surface area contributed by atoms with Crippen LogP contribution in [0.5, 0.6) is 0 Å². The van der Waals surface area contributed by atoms with E-state index in [4.69, 9.17) is 10.5 Å². The summed E-state index contributed by atoms with van der Waals surface area (Å²) in [6.07, 6.45) is 2.60. The maximum atomic E-state index is 12.1. The van der Waals surface area contributed by atoms with Crippen LogP contribution >= 0.6 is 0 Å². The van der Waals surface area contributed by atoms with Gasteiger partial charge in [0.25, 0.3) is 0 Å². The fourth-order valence-electron chi connectivity index (χ4n) is 2.48. The maximum absolute atomic E-state index is 12.1. The van der Waals surface area contributed by atoms with E-state index >= 15 is 0 Å². The summed E-state index contributed by atoms with van der Waals surface area (Å²) in [5.41, 5.74) is 5.09. The number of ether oxygens (including phenoxy) is 1. The van der Waals surface area contributed by atoms with Gasteiger partial charge in [-0.25, -0.2) is 4.79 Å². The fraction of sp³-hybridized carbons (Fsp3) is 0.818. The number of primary amides is 1. The minimum absolute atomic E-state index is 0.00216. The van der Waals surface area contributed by atoms with Crippen LogP contribution in [0.15, 0.2) is 0 Å². The highest BCUT2D eigenvalue weighted by Gasteiger charge is 2.31. The van der Waals surface area contributed by atoms with Crippen LogP contribution in [0, 0.1) is 5.92 Å². The molecule has 0 aromatic rings. The molecule has 2 fully saturated rings. The van der Waals surface area contributed by atoms with Crippen molar-refractivity contribution in [3.8, 4) is 0 Å². The van der Waals surface area contributed by atoms with Gasteiger partial charge in [0, 0.05) is 25.7 Å². The molecule has 2 aliphatic heterocycles. The van der Waals surface area contributed by atoms with E-state index in [2.05, 4.69) is 5.32 Å². The highest BCUT2D eigenvalue weighted by Crippen LogP contribution is 2.19. The number of likely N-dealkylation sites (tertiary alicyclic amines) is 1. The first-order chi connectivity index (χ1) is 8.16. The number of carbonyl (C=O) groups excluding carboxylic acids is 2. The molecule has 2 rings (SSSR count). The Kier molecular flexibility index (Phi) is 3.83. The minimum atomic E-state index is -0.520. The van der Waals surface area contributed by atoms with E-state index in [9.17, 15) is 9.59 Å². The van der Waals surface area contributed by atoms with Crippen molar-refractivity contribution in [1.82, 2.24) is 10.2 Å². The molecule has 2 heterocycles. The van der Waals surface area contributed by atoms with Crippen molar-refractivity contribution in [1.29, 1.82) is 0 Å². The summed E-state index contributed by atoms with van der Waals surface area (Å²) in [5.74, 6) is 0.154. The van der Waals surface area contributed by atoms with Gasteiger partial charge in [0.05, 0.1) is 12.5 Å². The van der Waals surface area contributed by atoms with E-state index in [1.807, 2.05) is 4.90 Å². The molecule has 2 atom stereocenters. The van der Waals surface area contributed by atoms with E-state index in [1.54, 1.807) is 0 Å². The third-order valence-electron chi connectivity index (χ3n) is 3.36. The second kappa shape index (κ2) is 5.35. The van der Waals surface area contributed by atoms with Gasteiger partial charge < -0.3 is 20.7 Å². The quantitative estimate of drug-likeness (QED) is 0.695. The Morgan fingerprint density at radius 3 is 2.82 bits per heavy atom. The zero-order chi connectivity index (χ0) is 12.3. The molecule has 0 unspecified atom stereocenters. The monoisotopic (exact) mass is 241 g/mol. The number of hydrogen-bond donors (Lipinski definition) is 2. The number of nitrogens with zero attached hydrogens (tertiary/aromatic N) is 1. The molecule has 96 valence electrons. The lowest BCUT2D eigenvalue weighted by Gasteiger charge is -2.34. The number of nitrogens with two attached hydrogens (primary N) is 1. The van der Waals surface area contributed by atoms with E-state index in [0.29, 0.717) is 19.8 Å². The molecule has 0 bridgehead atoms. The van der Waals surface area contributed by atoms with Crippen LogP contribution in [0.4, 0.5) is 4.79 Å². The molecule has 6 nitrogen and oxygen atoms in total. The van der Waals surface area contributed by atoms with Crippen LogP contribution in [-0.4, -0.2) is 49.2 Å². The summed E-state index contributed by atoms with van der Waals surface area (Å²) >= 11 is 0. The van der Waals surface area contributed by atoms with E-state index < -0.39 is 6.03 Å². The topological polar surface area (TPSA) is 84.7 Å². The fourth-order valence-corrected chi connectivity index (χ4v) is 2.48. The number of amides is 3. The first kappa shape index (κ1) is 12.2. The van der Waals surface area contributed by atoms with Gasteiger partial charge in [0.2, 0.25) is 5.91 Å². The molecule has 17 heavy (non-hydrogen) atoms. The Balaban J connectivity index is 1.87. The molecule has 2 aliphatic rings. The summed E-state index contributed by atoms with van der Waals surface area (Å²) < 4.78 is 5.22. The van der Waals surface area contributed by atoms with Crippen LogP contribution in [-0.2, 0) is 9.53 Å². The Bertz CT molecular complexity index is 302. The van der Waals surface area contributed by atoms with Crippen molar-refractivity contribution in [2.24, 2.45) is 11.7 Å². The highest BCUT2D eigenvalue weighted by molar-refractivity contribution is 5.79. The number of carbonyl (C=O) groups is 2. The van der Waals surface area contributed by atoms with Gasteiger partial charge in [-0.2, -0.15) is 0 Å². The lowest BCUT2D eigenvalue weighted by atomic mass is 10.0. The minimum Gasteiger partial charge on any atom is -0.381 e. The van der Waals surface area contributed by atoms with Crippen LogP contribution in [0.25, 0.3) is 0 Å². The lowest BCUT2D eigenvalue weighted by molar-refractivity contribution is -0.136. The Labute approximate surface area is 100 Å². The predicted molar refractivity (Wildman–Crippen MR) is 61.2 cm³/mol. The first-order valence-corrected chi connectivity index (χ1v) is 6.09. The molecular weight excluding hydrogens is 222 g/mol. The molecule has 0 aliphatic carbocycles. The van der Waals surface area contributed by atoms with Crippen molar-refractivity contribution >= 4 is 11.9 Å². The number of hydrogen-bond acceptors (Lipinski definition) is 3. The van der Waals surface area contributed by atoms with Gasteiger partial charge in [-0.15, -0.1) is 0 Å². The van der Waals surface area contributed by atoms with Crippen molar-refractivity contribution in [3.05, 3.63) is 0 Å². The molecule has 3 N–H and O–H groups in total. The summed E-state index contributed by atoms with van der Waals surface area (Å²) in [7, 11) is 0. The second-order valence-corrected chi connectivity index (χ2v) is 4.69. The largest absolute Gasteiger partial charge is 0.381 e. The average Bonchev–Trinajstić information content (AvgIpc) is 2.81. The van der Waals surface area contributed by atoms with Crippen molar-refractivity contribution in [3.63, 3.8) is 0 Å². The van der Waals surface area contributed by atoms with Gasteiger partial charge in [0.15, 0.2) is 0 Å². The van der Waals surface area contributed by atoms with Crippen LogP contribution in [0.2, 0.25) is 0 Å². The summed E-state index contributed by atoms with van der Waals surface area (Å²) in [6, 6.07) is -0.527. The average molecular weight is 241 g/mol. The van der Waals surface area contributed by atoms with Crippen LogP contribution in [0.1, 0.15) is 19.3 Å². The van der Waals surface area contributed by atoms with Crippen LogP contribution < -0.4 is 11.1 Å². The second-order valence-electron chi connectivity index (χ2n) is 4.69. The van der Waals surface area contributed by atoms with E-state index in [0.717, 1.165) is 25.8 Å². The molecule has 6 heteroatoms. The van der Waals surface area contributed by atoms with Gasteiger partial charge in [-0.1, -0.05) is 0 Å². The zero-order valence-corrected chi connectivity index (χ0v) is 9.85. The standard InChI is InChI=1S/C11H19N3O3/c12-11(16)13-9-2-1-4-14(6-9)10(15)8-3-5-17-7-8/h8-9H,1-7H2,(H3,12,13,16)/t8-,9-/m1/s1. The Morgan fingerprint density at radius 2 is 2.18 bits per heavy atom.